The maximum absolute atomic E-state index is 11.1. The number of nitrogens with one attached hydrogen (secondary N) is 2. The summed E-state index contributed by atoms with van der Waals surface area (Å²) in [6, 6.07) is 6.18. The van der Waals surface area contributed by atoms with Gasteiger partial charge in [0.25, 0.3) is 0 Å². The van der Waals surface area contributed by atoms with Crippen LogP contribution in [0.2, 0.25) is 0 Å². The number of aromatic amines is 1. The average Bonchev–Trinajstić information content (AvgIpc) is 2.77. The molecule has 1 aliphatic heterocycles. The number of fused-ring (bicyclic) bond motifs is 1. The van der Waals surface area contributed by atoms with Crippen LogP contribution in [0.1, 0.15) is 30.6 Å². The Morgan fingerprint density at radius 3 is 2.90 bits per heavy atom. The summed E-state index contributed by atoms with van der Waals surface area (Å²) in [6.07, 6.45) is 0.906. The standard InChI is InChI=1S/C15H18N2O3S/c1-10(16-8-12-9-21-15(18)17-12)11-3-4-13-14(7-11)20-6-2-5-19-13/h3-4,7,9-10,16H,2,5-6,8H2,1H3,(H,17,18). The van der Waals surface area contributed by atoms with E-state index in [1.807, 2.05) is 23.6 Å². The molecule has 2 aromatic rings. The zero-order chi connectivity index (χ0) is 14.7. The molecule has 3 rings (SSSR count). The van der Waals surface area contributed by atoms with Crippen molar-refractivity contribution >= 4 is 11.3 Å². The molecule has 0 saturated carbocycles. The van der Waals surface area contributed by atoms with Gasteiger partial charge in [0.2, 0.25) is 0 Å². The molecule has 112 valence electrons. The molecule has 21 heavy (non-hydrogen) atoms. The van der Waals surface area contributed by atoms with Gasteiger partial charge in [0, 0.05) is 30.1 Å². The zero-order valence-electron chi connectivity index (χ0n) is 11.8. The van der Waals surface area contributed by atoms with Crippen molar-refractivity contribution < 1.29 is 9.47 Å². The van der Waals surface area contributed by atoms with Gasteiger partial charge in [0.15, 0.2) is 11.5 Å². The molecule has 0 fully saturated rings. The lowest BCUT2D eigenvalue weighted by Crippen LogP contribution is -2.18. The molecule has 5 nitrogen and oxygen atoms in total. The Balaban J connectivity index is 1.68. The Kier molecular flexibility index (Phi) is 4.26. The summed E-state index contributed by atoms with van der Waals surface area (Å²) in [4.78, 5) is 13.9. The number of thiazole rings is 1. The smallest absolute Gasteiger partial charge is 0.304 e. The lowest BCUT2D eigenvalue weighted by atomic mass is 10.1. The van der Waals surface area contributed by atoms with Crippen LogP contribution in [0.3, 0.4) is 0 Å². The quantitative estimate of drug-likeness (QED) is 0.911. The van der Waals surface area contributed by atoms with E-state index in [2.05, 4.69) is 17.2 Å². The first-order valence-electron chi connectivity index (χ1n) is 7.02. The van der Waals surface area contributed by atoms with Crippen LogP contribution in [0.15, 0.2) is 28.4 Å². The van der Waals surface area contributed by atoms with Crippen molar-refractivity contribution in [2.75, 3.05) is 13.2 Å². The number of aromatic nitrogens is 1. The fraction of sp³-hybridized carbons (Fsp3) is 0.400. The van der Waals surface area contributed by atoms with Crippen molar-refractivity contribution in [2.45, 2.75) is 25.9 Å². The summed E-state index contributed by atoms with van der Waals surface area (Å²) in [5, 5.41) is 5.23. The first kappa shape index (κ1) is 14.2. The van der Waals surface area contributed by atoms with Crippen LogP contribution < -0.4 is 19.7 Å². The molecule has 1 aromatic heterocycles. The molecule has 1 unspecified atom stereocenters. The molecule has 1 atom stereocenters. The van der Waals surface area contributed by atoms with E-state index < -0.39 is 0 Å². The van der Waals surface area contributed by atoms with Crippen LogP contribution in [0.5, 0.6) is 11.5 Å². The number of ether oxygens (including phenoxy) is 2. The Labute approximate surface area is 126 Å². The van der Waals surface area contributed by atoms with Crippen LogP contribution in [-0.4, -0.2) is 18.2 Å². The number of rotatable bonds is 4. The summed E-state index contributed by atoms with van der Waals surface area (Å²) in [5.41, 5.74) is 2.04. The zero-order valence-corrected chi connectivity index (χ0v) is 12.7. The number of H-pyrrole nitrogens is 1. The molecule has 1 aromatic carbocycles. The highest BCUT2D eigenvalue weighted by Gasteiger charge is 2.13. The molecule has 0 amide bonds. The van der Waals surface area contributed by atoms with E-state index in [-0.39, 0.29) is 10.9 Å². The lowest BCUT2D eigenvalue weighted by molar-refractivity contribution is 0.297. The van der Waals surface area contributed by atoms with Crippen molar-refractivity contribution in [3.63, 3.8) is 0 Å². The van der Waals surface area contributed by atoms with Gasteiger partial charge in [0.1, 0.15) is 0 Å². The molecule has 0 aliphatic carbocycles. The Morgan fingerprint density at radius 2 is 2.14 bits per heavy atom. The maximum Gasteiger partial charge on any atom is 0.304 e. The Morgan fingerprint density at radius 1 is 1.33 bits per heavy atom. The maximum atomic E-state index is 11.1. The first-order chi connectivity index (χ1) is 10.2. The third kappa shape index (κ3) is 3.46. The third-order valence-corrected chi connectivity index (χ3v) is 4.16. The summed E-state index contributed by atoms with van der Waals surface area (Å²) in [7, 11) is 0. The fourth-order valence-corrected chi connectivity index (χ4v) is 2.81. The van der Waals surface area contributed by atoms with Gasteiger partial charge < -0.3 is 19.8 Å². The minimum Gasteiger partial charge on any atom is -0.490 e. The molecule has 2 N–H and O–H groups in total. The SMILES string of the molecule is CC(NCc1csc(=O)[nH]1)c1ccc2c(c1)OCCCO2. The number of hydrogen-bond donors (Lipinski definition) is 2. The summed E-state index contributed by atoms with van der Waals surface area (Å²) in [6.45, 7) is 4.11. The van der Waals surface area contributed by atoms with E-state index >= 15 is 0 Å². The molecular weight excluding hydrogens is 288 g/mol. The van der Waals surface area contributed by atoms with E-state index in [1.165, 1.54) is 11.3 Å². The topological polar surface area (TPSA) is 63.4 Å². The predicted octanol–water partition coefficient (Wildman–Crippen LogP) is 2.45. The van der Waals surface area contributed by atoms with Crippen LogP contribution >= 0.6 is 11.3 Å². The number of benzene rings is 1. The normalized spacial score (nSPS) is 15.5. The summed E-state index contributed by atoms with van der Waals surface area (Å²) in [5.74, 6) is 1.62. The van der Waals surface area contributed by atoms with Crippen LogP contribution in [-0.2, 0) is 6.54 Å². The monoisotopic (exact) mass is 306 g/mol. The molecule has 0 bridgehead atoms. The van der Waals surface area contributed by atoms with Crippen molar-refractivity contribution in [2.24, 2.45) is 0 Å². The highest BCUT2D eigenvalue weighted by atomic mass is 32.1. The van der Waals surface area contributed by atoms with Crippen LogP contribution in [0.25, 0.3) is 0 Å². The third-order valence-electron chi connectivity index (χ3n) is 3.44. The second-order valence-electron chi connectivity index (χ2n) is 5.03. The van der Waals surface area contributed by atoms with E-state index in [0.717, 1.165) is 29.2 Å². The Bertz CT molecular complexity index is 665. The summed E-state index contributed by atoms with van der Waals surface area (Å²) < 4.78 is 11.3. The van der Waals surface area contributed by atoms with Gasteiger partial charge in [-0.3, -0.25) is 4.79 Å². The molecule has 0 radical (unpaired) electrons. The molecule has 0 saturated heterocycles. The highest BCUT2D eigenvalue weighted by Crippen LogP contribution is 2.32. The second-order valence-corrected chi connectivity index (χ2v) is 5.87. The van der Waals surface area contributed by atoms with Gasteiger partial charge in [-0.25, -0.2) is 0 Å². The summed E-state index contributed by atoms with van der Waals surface area (Å²) >= 11 is 1.19. The van der Waals surface area contributed by atoms with Crippen molar-refractivity contribution in [3.8, 4) is 11.5 Å². The fourth-order valence-electron chi connectivity index (χ4n) is 2.23. The predicted molar refractivity (Wildman–Crippen MR) is 82.2 cm³/mol. The van der Waals surface area contributed by atoms with Gasteiger partial charge in [0.05, 0.1) is 13.2 Å². The van der Waals surface area contributed by atoms with Gasteiger partial charge in [-0.2, -0.15) is 0 Å². The minimum atomic E-state index is -0.0185. The van der Waals surface area contributed by atoms with Crippen molar-refractivity contribution in [1.82, 2.24) is 10.3 Å². The number of hydrogen-bond acceptors (Lipinski definition) is 5. The average molecular weight is 306 g/mol. The van der Waals surface area contributed by atoms with Gasteiger partial charge in [-0.15, -0.1) is 0 Å². The second kappa shape index (κ2) is 6.32. The van der Waals surface area contributed by atoms with Crippen LogP contribution in [0.4, 0.5) is 0 Å². The van der Waals surface area contributed by atoms with E-state index in [1.54, 1.807) is 0 Å². The van der Waals surface area contributed by atoms with Gasteiger partial charge in [-0.1, -0.05) is 17.4 Å². The molecular formula is C15H18N2O3S. The molecule has 1 aliphatic rings. The van der Waals surface area contributed by atoms with Gasteiger partial charge >= 0.3 is 4.87 Å². The lowest BCUT2D eigenvalue weighted by Gasteiger charge is -2.16. The minimum absolute atomic E-state index is 0.0185. The first-order valence-corrected chi connectivity index (χ1v) is 7.90. The van der Waals surface area contributed by atoms with Crippen molar-refractivity contribution in [1.29, 1.82) is 0 Å². The van der Waals surface area contributed by atoms with Crippen LogP contribution in [0, 0.1) is 0 Å². The van der Waals surface area contributed by atoms with Crippen molar-refractivity contribution in [3.05, 3.63) is 44.5 Å². The van der Waals surface area contributed by atoms with E-state index in [0.29, 0.717) is 19.8 Å². The Hall–Kier alpha value is -1.79. The molecule has 6 heteroatoms. The highest BCUT2D eigenvalue weighted by molar-refractivity contribution is 7.07. The van der Waals surface area contributed by atoms with E-state index in [9.17, 15) is 4.79 Å². The largest absolute Gasteiger partial charge is 0.490 e. The van der Waals surface area contributed by atoms with E-state index in [4.69, 9.17) is 9.47 Å². The van der Waals surface area contributed by atoms with Gasteiger partial charge in [-0.05, 0) is 24.6 Å². The molecule has 2 heterocycles. The molecule has 0 spiro atoms.